The Balaban J connectivity index is 2.30. The van der Waals surface area contributed by atoms with E-state index in [-0.39, 0.29) is 10.8 Å². The van der Waals surface area contributed by atoms with Gasteiger partial charge in [-0.25, -0.2) is 4.98 Å². The molecule has 0 aliphatic carbocycles. The standard InChI is InChI=1S/C11H13ClN6OS/c1-3-18(4-2)9-15-8(12)16-11(17-9)20-10-13-6-5-7(19)14-10/h5-6H,3-4H2,1-2H3,(H,13,14,19). The number of nitrogens with one attached hydrogen (secondary N) is 1. The highest BCUT2D eigenvalue weighted by molar-refractivity contribution is 7.99. The lowest BCUT2D eigenvalue weighted by atomic mass is 10.5. The molecule has 0 fully saturated rings. The van der Waals surface area contributed by atoms with Gasteiger partial charge in [-0.3, -0.25) is 4.79 Å². The lowest BCUT2D eigenvalue weighted by Crippen LogP contribution is -2.24. The molecule has 2 rings (SSSR count). The van der Waals surface area contributed by atoms with Gasteiger partial charge in [0.15, 0.2) is 5.16 Å². The van der Waals surface area contributed by atoms with Gasteiger partial charge in [0.25, 0.3) is 5.56 Å². The summed E-state index contributed by atoms with van der Waals surface area (Å²) in [6.07, 6.45) is 1.43. The molecule has 2 aromatic rings. The quantitative estimate of drug-likeness (QED) is 0.839. The summed E-state index contributed by atoms with van der Waals surface area (Å²) in [5.41, 5.74) is -0.230. The fraction of sp³-hybridized carbons (Fsp3) is 0.364. The van der Waals surface area contributed by atoms with Crippen LogP contribution in [0.5, 0.6) is 0 Å². The SMILES string of the molecule is CCN(CC)c1nc(Cl)nc(Sc2nccc(=O)[nH]2)n1. The maximum atomic E-state index is 11.2. The van der Waals surface area contributed by atoms with Crippen molar-refractivity contribution < 1.29 is 0 Å². The second-order valence-corrected chi connectivity index (χ2v) is 4.99. The average Bonchev–Trinajstić information content (AvgIpc) is 2.39. The Kier molecular flexibility index (Phi) is 4.91. The molecule has 0 saturated carbocycles. The maximum Gasteiger partial charge on any atom is 0.251 e. The van der Waals surface area contributed by atoms with Gasteiger partial charge >= 0.3 is 0 Å². The zero-order valence-electron chi connectivity index (χ0n) is 11.0. The second-order valence-electron chi connectivity index (χ2n) is 3.70. The van der Waals surface area contributed by atoms with Gasteiger partial charge in [0.2, 0.25) is 16.4 Å². The van der Waals surface area contributed by atoms with Crippen LogP contribution in [-0.2, 0) is 0 Å². The Hall–Kier alpha value is -1.67. The van der Waals surface area contributed by atoms with Crippen molar-refractivity contribution in [3.8, 4) is 0 Å². The molecular formula is C11H13ClN6OS. The van der Waals surface area contributed by atoms with Crippen LogP contribution < -0.4 is 10.5 Å². The van der Waals surface area contributed by atoms with Crippen LogP contribution >= 0.6 is 23.4 Å². The largest absolute Gasteiger partial charge is 0.341 e. The summed E-state index contributed by atoms with van der Waals surface area (Å²) in [6, 6.07) is 1.34. The molecule has 9 heteroatoms. The van der Waals surface area contributed by atoms with Crippen LogP contribution in [0.1, 0.15) is 13.8 Å². The van der Waals surface area contributed by atoms with Crippen molar-refractivity contribution in [1.29, 1.82) is 0 Å². The molecule has 2 aromatic heterocycles. The third kappa shape index (κ3) is 3.67. The molecular weight excluding hydrogens is 300 g/mol. The topological polar surface area (TPSA) is 87.7 Å². The molecule has 0 saturated heterocycles. The summed E-state index contributed by atoms with van der Waals surface area (Å²) in [4.78, 5) is 32.2. The van der Waals surface area contributed by atoms with E-state index in [1.54, 1.807) is 0 Å². The molecule has 0 unspecified atom stereocenters. The fourth-order valence-corrected chi connectivity index (χ4v) is 2.41. The summed E-state index contributed by atoms with van der Waals surface area (Å²) in [5, 5.41) is 0.911. The first-order valence-corrected chi connectivity index (χ1v) is 7.21. The summed E-state index contributed by atoms with van der Waals surface area (Å²) < 4.78 is 0. The Bertz CT molecular complexity index is 645. The zero-order valence-corrected chi connectivity index (χ0v) is 12.6. The van der Waals surface area contributed by atoms with Crippen LogP contribution in [0.2, 0.25) is 5.28 Å². The summed E-state index contributed by atoms with van der Waals surface area (Å²) in [6.45, 7) is 5.54. The van der Waals surface area contributed by atoms with Crippen LogP contribution in [0.15, 0.2) is 27.4 Å². The Morgan fingerprint density at radius 3 is 2.70 bits per heavy atom. The van der Waals surface area contributed by atoms with Gasteiger partial charge in [0.05, 0.1) is 0 Å². The molecule has 1 N–H and O–H groups in total. The number of rotatable bonds is 5. The van der Waals surface area contributed by atoms with Gasteiger partial charge in [-0.15, -0.1) is 0 Å². The monoisotopic (exact) mass is 312 g/mol. The fourth-order valence-electron chi connectivity index (χ4n) is 1.51. The predicted octanol–water partition coefficient (Wildman–Crippen LogP) is 1.61. The minimum Gasteiger partial charge on any atom is -0.341 e. The van der Waals surface area contributed by atoms with E-state index in [1.807, 2.05) is 18.7 Å². The lowest BCUT2D eigenvalue weighted by molar-refractivity contribution is 0.780. The molecule has 0 aliphatic heterocycles. The first kappa shape index (κ1) is 14.7. The number of anilines is 1. The van der Waals surface area contributed by atoms with Crippen LogP contribution in [0.3, 0.4) is 0 Å². The van der Waals surface area contributed by atoms with Crippen molar-refractivity contribution in [2.45, 2.75) is 24.2 Å². The predicted molar refractivity (Wildman–Crippen MR) is 77.4 cm³/mol. The van der Waals surface area contributed by atoms with Crippen LogP contribution in [-0.4, -0.2) is 38.0 Å². The molecule has 0 aliphatic rings. The smallest absolute Gasteiger partial charge is 0.251 e. The van der Waals surface area contributed by atoms with Crippen molar-refractivity contribution in [2.75, 3.05) is 18.0 Å². The summed E-state index contributed by atoms with van der Waals surface area (Å²) in [5.74, 6) is 0.510. The Morgan fingerprint density at radius 2 is 2.05 bits per heavy atom. The lowest BCUT2D eigenvalue weighted by Gasteiger charge is -2.18. The number of hydrogen-bond donors (Lipinski definition) is 1. The highest BCUT2D eigenvalue weighted by Crippen LogP contribution is 2.22. The van der Waals surface area contributed by atoms with E-state index in [0.717, 1.165) is 24.9 Å². The zero-order chi connectivity index (χ0) is 14.5. The maximum absolute atomic E-state index is 11.2. The van der Waals surface area contributed by atoms with Gasteiger partial charge in [0, 0.05) is 25.4 Å². The molecule has 2 heterocycles. The number of halogens is 1. The third-order valence-electron chi connectivity index (χ3n) is 2.46. The number of aromatic nitrogens is 5. The molecule has 0 atom stereocenters. The van der Waals surface area contributed by atoms with E-state index in [4.69, 9.17) is 11.6 Å². The van der Waals surface area contributed by atoms with Gasteiger partial charge in [-0.05, 0) is 37.2 Å². The number of nitrogens with zero attached hydrogens (tertiary/aromatic N) is 5. The van der Waals surface area contributed by atoms with Gasteiger partial charge in [0.1, 0.15) is 0 Å². The molecule has 20 heavy (non-hydrogen) atoms. The van der Waals surface area contributed by atoms with Crippen molar-refractivity contribution in [3.63, 3.8) is 0 Å². The van der Waals surface area contributed by atoms with E-state index in [1.165, 1.54) is 12.3 Å². The molecule has 0 aromatic carbocycles. The number of aromatic amines is 1. The molecule has 0 amide bonds. The van der Waals surface area contributed by atoms with E-state index < -0.39 is 0 Å². The van der Waals surface area contributed by atoms with Crippen molar-refractivity contribution in [1.82, 2.24) is 24.9 Å². The average molecular weight is 313 g/mol. The molecule has 0 radical (unpaired) electrons. The van der Waals surface area contributed by atoms with E-state index in [2.05, 4.69) is 24.9 Å². The van der Waals surface area contributed by atoms with Gasteiger partial charge in [-0.1, -0.05) is 0 Å². The molecule has 0 bridgehead atoms. The van der Waals surface area contributed by atoms with Crippen LogP contribution in [0.25, 0.3) is 0 Å². The number of H-pyrrole nitrogens is 1. The van der Waals surface area contributed by atoms with Crippen LogP contribution in [0, 0.1) is 0 Å². The first-order valence-electron chi connectivity index (χ1n) is 6.02. The van der Waals surface area contributed by atoms with E-state index in [9.17, 15) is 4.79 Å². The first-order chi connectivity index (χ1) is 9.62. The number of hydrogen-bond acceptors (Lipinski definition) is 7. The third-order valence-corrected chi connectivity index (χ3v) is 3.39. The van der Waals surface area contributed by atoms with Crippen molar-refractivity contribution in [2.24, 2.45) is 0 Å². The molecule has 106 valence electrons. The normalized spacial score (nSPS) is 10.6. The Labute approximate surface area is 124 Å². The summed E-state index contributed by atoms with van der Waals surface area (Å²) >= 11 is 7.04. The van der Waals surface area contributed by atoms with Crippen molar-refractivity contribution in [3.05, 3.63) is 27.9 Å². The summed E-state index contributed by atoms with van der Waals surface area (Å²) in [7, 11) is 0. The highest BCUT2D eigenvalue weighted by atomic mass is 35.5. The van der Waals surface area contributed by atoms with Crippen molar-refractivity contribution >= 4 is 29.3 Å². The second kappa shape index (κ2) is 6.67. The Morgan fingerprint density at radius 1 is 1.30 bits per heavy atom. The van der Waals surface area contributed by atoms with E-state index in [0.29, 0.717) is 16.3 Å². The molecule has 0 spiro atoms. The van der Waals surface area contributed by atoms with Crippen LogP contribution in [0.4, 0.5) is 5.95 Å². The van der Waals surface area contributed by atoms with E-state index >= 15 is 0 Å². The minimum atomic E-state index is -0.230. The minimum absolute atomic E-state index is 0.114. The molecule has 7 nitrogen and oxygen atoms in total. The highest BCUT2D eigenvalue weighted by Gasteiger charge is 2.11. The van der Waals surface area contributed by atoms with Gasteiger partial charge in [-0.2, -0.15) is 15.0 Å². The van der Waals surface area contributed by atoms with Gasteiger partial charge < -0.3 is 9.88 Å².